The van der Waals surface area contributed by atoms with E-state index >= 15 is 0 Å². The maximum Gasteiger partial charge on any atom is 0.296 e. The van der Waals surface area contributed by atoms with E-state index in [9.17, 15) is 0 Å². The second-order valence-electron chi connectivity index (χ2n) is 17.0. The third-order valence-corrected chi connectivity index (χ3v) is 12.1. The molecule has 51 heavy (non-hydrogen) atoms. The molecule has 0 saturated carbocycles. The van der Waals surface area contributed by atoms with Crippen molar-refractivity contribution in [2.24, 2.45) is 0 Å². The van der Waals surface area contributed by atoms with Gasteiger partial charge in [-0.2, -0.15) is 4.57 Å². The summed E-state index contributed by atoms with van der Waals surface area (Å²) in [7, 11) is 2.31. The van der Waals surface area contributed by atoms with Crippen molar-refractivity contribution >= 4 is 39.0 Å². The van der Waals surface area contributed by atoms with Crippen LogP contribution in [0.2, 0.25) is 0 Å². The van der Waals surface area contributed by atoms with Crippen LogP contribution in [-0.4, -0.2) is 17.8 Å². The van der Waals surface area contributed by atoms with Gasteiger partial charge in [-0.15, -0.1) is 0 Å². The topological polar surface area (TPSA) is 24.5 Å². The first-order chi connectivity index (χ1) is 24.5. The van der Waals surface area contributed by atoms with E-state index in [-0.39, 0.29) is 17.0 Å². The number of pyridine rings is 1. The van der Waals surface area contributed by atoms with Gasteiger partial charge in [0.2, 0.25) is 5.54 Å². The summed E-state index contributed by atoms with van der Waals surface area (Å²) >= 11 is 0. The van der Waals surface area contributed by atoms with Crippen LogP contribution in [-0.2, 0) is 16.4 Å². The predicted molar refractivity (Wildman–Crippen MR) is 207 cm³/mol. The lowest BCUT2D eigenvalue weighted by Crippen LogP contribution is -2.70. The summed E-state index contributed by atoms with van der Waals surface area (Å²) < 4.78 is 12.4. The summed E-state index contributed by atoms with van der Waals surface area (Å²) in [5.74, 6) is 1.91. The minimum absolute atomic E-state index is 0.0781. The molecule has 1 spiro atoms. The van der Waals surface area contributed by atoms with E-state index in [1.165, 1.54) is 78.1 Å². The molecule has 4 aliphatic heterocycles. The van der Waals surface area contributed by atoms with Crippen molar-refractivity contribution in [1.82, 2.24) is 4.57 Å². The quantitative estimate of drug-likeness (QED) is 0.163. The fourth-order valence-corrected chi connectivity index (χ4v) is 9.81. The van der Waals surface area contributed by atoms with Gasteiger partial charge >= 0.3 is 0 Å². The molecule has 0 bridgehead atoms. The fraction of sp³-hybridized carbons (Fsp3) is 0.239. The lowest BCUT2D eigenvalue weighted by Gasteiger charge is -2.44. The van der Waals surface area contributed by atoms with Crippen molar-refractivity contribution in [3.63, 3.8) is 0 Å². The molecule has 7 aromatic rings. The standard InChI is InChI=1S/C46H41N4O/c1-44(2,3)28-23-35-39-37(25-28)51-38-26-29(45(4,5)6)24-36-40(38)46(39,48-22-14-19-32-31-17-11-12-20-33(31)49(35)42(32)48)43-47(7)41-30(27-15-9-8-10-16-27)18-13-21-34(41)50(36)43/h8-26,43H,1-7H3/q+1. The van der Waals surface area contributed by atoms with Crippen LogP contribution in [0.4, 0.5) is 17.1 Å². The molecule has 6 heterocycles. The maximum absolute atomic E-state index is 7.29. The first kappa shape index (κ1) is 29.2. The third kappa shape index (κ3) is 3.40. The van der Waals surface area contributed by atoms with Gasteiger partial charge in [-0.1, -0.05) is 96.1 Å². The van der Waals surface area contributed by atoms with Gasteiger partial charge in [0.1, 0.15) is 22.7 Å². The Morgan fingerprint density at radius 3 is 2.02 bits per heavy atom. The van der Waals surface area contributed by atoms with Crippen molar-refractivity contribution < 1.29 is 9.30 Å². The van der Waals surface area contributed by atoms with Gasteiger partial charge in [-0.3, -0.25) is 0 Å². The van der Waals surface area contributed by atoms with Gasteiger partial charge in [-0.05, 0) is 82.1 Å². The number of nitrogens with zero attached hydrogens (tertiary/aromatic N) is 4. The van der Waals surface area contributed by atoms with E-state index in [0.29, 0.717) is 0 Å². The van der Waals surface area contributed by atoms with Crippen LogP contribution in [0.15, 0.2) is 115 Å². The summed E-state index contributed by atoms with van der Waals surface area (Å²) in [6.45, 7) is 13.8. The molecule has 5 heteroatoms. The van der Waals surface area contributed by atoms with Crippen molar-refractivity contribution in [3.05, 3.63) is 138 Å². The van der Waals surface area contributed by atoms with Gasteiger partial charge in [0.05, 0.1) is 39.8 Å². The Kier molecular flexibility index (Phi) is 5.27. The van der Waals surface area contributed by atoms with Crippen LogP contribution < -0.4 is 19.1 Å². The lowest BCUT2D eigenvalue weighted by atomic mass is 9.74. The van der Waals surface area contributed by atoms with Crippen LogP contribution in [0.5, 0.6) is 11.5 Å². The molecule has 2 atom stereocenters. The molecule has 0 fully saturated rings. The SMILES string of the molecule is CN1c2c(-c3ccccc3)cccc2N2c3cc(C(C)(C)C)cc4c3C3(c5c(cc(C(C)(C)C)cc5-n5c6ccccc6c6ccc[n+]3c65)O4)C12. The normalized spacial score (nSPS) is 19.2. The number of benzene rings is 5. The number of anilines is 3. The number of ether oxygens (including phenoxy) is 1. The van der Waals surface area contributed by atoms with Crippen molar-refractivity contribution in [2.75, 3.05) is 16.8 Å². The van der Waals surface area contributed by atoms with Gasteiger partial charge in [0, 0.05) is 18.0 Å². The predicted octanol–water partition coefficient (Wildman–Crippen LogP) is 10.5. The molecular weight excluding hydrogens is 625 g/mol. The molecule has 2 unspecified atom stereocenters. The molecule has 0 amide bonds. The highest BCUT2D eigenvalue weighted by Gasteiger charge is 2.69. The number of aromatic nitrogens is 2. The maximum atomic E-state index is 7.29. The van der Waals surface area contributed by atoms with E-state index < -0.39 is 5.54 Å². The molecule has 5 aromatic carbocycles. The van der Waals surface area contributed by atoms with Crippen LogP contribution in [0.1, 0.15) is 63.8 Å². The molecule has 4 aliphatic rings. The zero-order valence-corrected chi connectivity index (χ0v) is 30.2. The lowest BCUT2D eigenvalue weighted by molar-refractivity contribution is -0.725. The molecule has 250 valence electrons. The third-order valence-electron chi connectivity index (χ3n) is 12.1. The van der Waals surface area contributed by atoms with E-state index in [1.807, 2.05) is 0 Å². The average molecular weight is 666 g/mol. The second-order valence-corrected chi connectivity index (χ2v) is 17.0. The second kappa shape index (κ2) is 9.21. The van der Waals surface area contributed by atoms with Gasteiger partial charge < -0.3 is 14.5 Å². The zero-order valence-electron chi connectivity index (χ0n) is 30.2. The highest BCUT2D eigenvalue weighted by molar-refractivity contribution is 6.08. The summed E-state index contributed by atoms with van der Waals surface area (Å²) in [6.07, 6.45) is 2.24. The highest BCUT2D eigenvalue weighted by Crippen LogP contribution is 2.67. The first-order valence-electron chi connectivity index (χ1n) is 18.2. The molecule has 5 nitrogen and oxygen atoms in total. The largest absolute Gasteiger partial charge is 0.456 e. The fourth-order valence-electron chi connectivity index (χ4n) is 9.81. The van der Waals surface area contributed by atoms with Gasteiger partial charge in [-0.25, -0.2) is 4.57 Å². The molecule has 0 radical (unpaired) electrons. The number of likely N-dealkylation sites (N-methyl/N-ethyl adjacent to an activating group) is 1. The Morgan fingerprint density at radius 1 is 0.647 bits per heavy atom. The Morgan fingerprint density at radius 2 is 1.29 bits per heavy atom. The monoisotopic (exact) mass is 665 g/mol. The van der Waals surface area contributed by atoms with E-state index in [0.717, 1.165) is 11.5 Å². The molecule has 2 aromatic heterocycles. The Hall–Kier alpha value is -5.55. The minimum atomic E-state index is -0.619. The van der Waals surface area contributed by atoms with Crippen LogP contribution >= 0.6 is 0 Å². The van der Waals surface area contributed by atoms with Crippen molar-refractivity contribution in [2.45, 2.75) is 64.1 Å². The van der Waals surface area contributed by atoms with E-state index in [1.54, 1.807) is 0 Å². The van der Waals surface area contributed by atoms with Crippen LogP contribution in [0.25, 0.3) is 38.8 Å². The Labute approximate surface area is 298 Å². The average Bonchev–Trinajstić information content (AvgIpc) is 3.73. The number of para-hydroxylation sites is 2. The molecule has 0 N–H and O–H groups in total. The van der Waals surface area contributed by atoms with Gasteiger partial charge in [0.15, 0.2) is 6.17 Å². The van der Waals surface area contributed by atoms with E-state index in [2.05, 4.69) is 183 Å². The van der Waals surface area contributed by atoms with E-state index in [4.69, 9.17) is 4.74 Å². The summed E-state index contributed by atoms with van der Waals surface area (Å²) in [4.78, 5) is 5.21. The Balaban J connectivity index is 1.35. The molecular formula is C46H41N4O+. The molecule has 11 rings (SSSR count). The smallest absolute Gasteiger partial charge is 0.296 e. The number of rotatable bonds is 1. The van der Waals surface area contributed by atoms with Crippen LogP contribution in [0.3, 0.4) is 0 Å². The first-order valence-corrected chi connectivity index (χ1v) is 18.2. The zero-order chi connectivity index (χ0) is 34.8. The summed E-state index contributed by atoms with van der Waals surface area (Å²) in [5.41, 5.74) is 14.1. The van der Waals surface area contributed by atoms with Gasteiger partial charge in [0.25, 0.3) is 5.65 Å². The number of hydrogen-bond donors (Lipinski definition) is 0. The summed E-state index contributed by atoms with van der Waals surface area (Å²) in [5, 5.41) is 2.53. The van der Waals surface area contributed by atoms with Crippen molar-refractivity contribution in [1.29, 1.82) is 0 Å². The Bertz CT molecular complexity index is 2670. The molecule has 0 aliphatic carbocycles. The van der Waals surface area contributed by atoms with Crippen molar-refractivity contribution in [3.8, 4) is 28.3 Å². The number of hydrogen-bond acceptors (Lipinski definition) is 3. The minimum Gasteiger partial charge on any atom is -0.456 e. The number of fused-ring (bicyclic) bond motifs is 8. The highest BCUT2D eigenvalue weighted by atomic mass is 16.5. The van der Waals surface area contributed by atoms with Crippen LogP contribution in [0, 0.1) is 0 Å². The molecule has 0 saturated heterocycles. The summed E-state index contributed by atoms with van der Waals surface area (Å²) in [6, 6.07) is 40.7.